The van der Waals surface area contributed by atoms with Gasteiger partial charge in [0.05, 0.1) is 0 Å². The van der Waals surface area contributed by atoms with Crippen LogP contribution in [0.25, 0.3) is 11.1 Å². The van der Waals surface area contributed by atoms with Crippen LogP contribution >= 0.6 is 15.9 Å². The molecule has 3 aromatic rings. The number of ether oxygens (including phenoxy) is 2. The first-order valence-electron chi connectivity index (χ1n) is 10.2. The van der Waals surface area contributed by atoms with Gasteiger partial charge in [0, 0.05) is 16.0 Å². The maximum Gasteiger partial charge on any atom is 0.408 e. The summed E-state index contributed by atoms with van der Waals surface area (Å²) in [4.78, 5) is 24.6. The number of terminal acetylenes is 1. The molecule has 1 aliphatic rings. The van der Waals surface area contributed by atoms with Crippen molar-refractivity contribution in [2.75, 3.05) is 13.2 Å². The number of carbonyl (C=O) groups is 2. The zero-order valence-corrected chi connectivity index (χ0v) is 19.0. The van der Waals surface area contributed by atoms with Gasteiger partial charge in [-0.3, -0.25) is 0 Å². The van der Waals surface area contributed by atoms with E-state index in [1.54, 1.807) is 18.2 Å². The Morgan fingerprint density at radius 3 is 2.30 bits per heavy atom. The minimum Gasteiger partial charge on any atom is -0.481 e. The van der Waals surface area contributed by atoms with Crippen LogP contribution in [0.3, 0.4) is 0 Å². The minimum absolute atomic E-state index is 0.0358. The largest absolute Gasteiger partial charge is 0.481 e. The normalized spacial score (nSPS) is 12.7. The van der Waals surface area contributed by atoms with Gasteiger partial charge in [-0.25, -0.2) is 9.59 Å². The Kier molecular flexibility index (Phi) is 6.66. The highest BCUT2D eigenvalue weighted by molar-refractivity contribution is 9.10. The van der Waals surface area contributed by atoms with Crippen LogP contribution in [-0.2, 0) is 9.53 Å². The number of amides is 1. The minimum atomic E-state index is -1.38. The third-order valence-corrected chi connectivity index (χ3v) is 5.94. The van der Waals surface area contributed by atoms with Crippen molar-refractivity contribution in [3.05, 3.63) is 87.9 Å². The number of nitrogens with one attached hydrogen (secondary N) is 1. The smallest absolute Gasteiger partial charge is 0.408 e. The van der Waals surface area contributed by atoms with Crippen LogP contribution in [0.15, 0.2) is 71.2 Å². The first-order valence-corrected chi connectivity index (χ1v) is 11.0. The van der Waals surface area contributed by atoms with E-state index in [0.717, 1.165) is 22.3 Å². The SMILES string of the molecule is C#CCOc1ccc(Br)cc1C(NC(=O)OCC1c2ccccc2-c2ccccc21)C(=O)O. The van der Waals surface area contributed by atoms with Gasteiger partial charge in [0.15, 0.2) is 6.04 Å². The van der Waals surface area contributed by atoms with Gasteiger partial charge < -0.3 is 19.9 Å². The monoisotopic (exact) mass is 505 g/mol. The highest BCUT2D eigenvalue weighted by atomic mass is 79.9. The van der Waals surface area contributed by atoms with Gasteiger partial charge >= 0.3 is 12.1 Å². The number of fused-ring (bicyclic) bond motifs is 3. The van der Waals surface area contributed by atoms with Crippen molar-refractivity contribution in [3.63, 3.8) is 0 Å². The summed E-state index contributed by atoms with van der Waals surface area (Å²) in [6.45, 7) is 0.0387. The van der Waals surface area contributed by atoms with Crippen LogP contribution in [0.4, 0.5) is 4.79 Å². The third kappa shape index (κ3) is 4.71. The second kappa shape index (κ2) is 9.80. The fourth-order valence-corrected chi connectivity index (χ4v) is 4.41. The molecule has 0 aromatic heterocycles. The van der Waals surface area contributed by atoms with E-state index in [1.165, 1.54) is 0 Å². The van der Waals surface area contributed by atoms with Crippen molar-refractivity contribution in [1.29, 1.82) is 0 Å². The van der Waals surface area contributed by atoms with Crippen molar-refractivity contribution in [2.24, 2.45) is 0 Å². The van der Waals surface area contributed by atoms with E-state index < -0.39 is 18.1 Å². The summed E-state index contributed by atoms with van der Waals surface area (Å²) in [7, 11) is 0. The standard InChI is InChI=1S/C26H20BrNO5/c1-2-13-32-23-12-11-16(27)14-21(23)24(25(29)30)28-26(31)33-15-22-19-9-5-3-7-17(19)18-8-4-6-10-20(18)22/h1,3-12,14,22,24H,13,15H2,(H,28,31)(H,29,30). The molecule has 3 aromatic carbocycles. The van der Waals surface area contributed by atoms with E-state index in [1.807, 2.05) is 48.5 Å². The Labute approximate surface area is 199 Å². The van der Waals surface area contributed by atoms with Crippen molar-refractivity contribution in [3.8, 4) is 29.2 Å². The number of alkyl carbamates (subject to hydrolysis) is 1. The summed E-state index contributed by atoms with van der Waals surface area (Å²) >= 11 is 3.32. The lowest BCUT2D eigenvalue weighted by atomic mass is 9.98. The molecule has 1 aliphatic carbocycles. The number of carboxylic acid groups (broad SMARTS) is 1. The molecule has 2 N–H and O–H groups in total. The maximum atomic E-state index is 12.6. The summed E-state index contributed by atoms with van der Waals surface area (Å²) in [5, 5.41) is 12.2. The molecule has 7 heteroatoms. The first-order chi connectivity index (χ1) is 16.0. The first kappa shape index (κ1) is 22.4. The fraction of sp³-hybridized carbons (Fsp3) is 0.154. The van der Waals surface area contributed by atoms with E-state index in [-0.39, 0.29) is 30.4 Å². The van der Waals surface area contributed by atoms with Gasteiger partial charge in [0.2, 0.25) is 0 Å². The number of rotatable bonds is 7. The van der Waals surface area contributed by atoms with Crippen LogP contribution in [-0.4, -0.2) is 30.4 Å². The van der Waals surface area contributed by atoms with Gasteiger partial charge in [0.1, 0.15) is 19.0 Å². The van der Waals surface area contributed by atoms with Crippen LogP contribution in [0, 0.1) is 12.3 Å². The summed E-state index contributed by atoms with van der Waals surface area (Å²) < 4.78 is 11.6. The molecule has 1 unspecified atom stereocenters. The Bertz CT molecular complexity index is 1200. The number of benzene rings is 3. The van der Waals surface area contributed by atoms with Gasteiger partial charge in [0.25, 0.3) is 0 Å². The molecule has 0 bridgehead atoms. The van der Waals surface area contributed by atoms with Crippen molar-refractivity contribution in [1.82, 2.24) is 5.32 Å². The Hall–Kier alpha value is -3.76. The topological polar surface area (TPSA) is 84.9 Å². The van der Waals surface area contributed by atoms with E-state index in [9.17, 15) is 14.7 Å². The zero-order chi connectivity index (χ0) is 23.4. The van der Waals surface area contributed by atoms with Gasteiger partial charge in [-0.2, -0.15) is 0 Å². The molecular formula is C26H20BrNO5. The molecule has 0 heterocycles. The highest BCUT2D eigenvalue weighted by Crippen LogP contribution is 2.44. The predicted octanol–water partition coefficient (Wildman–Crippen LogP) is 5.13. The quantitative estimate of drug-likeness (QED) is 0.435. The highest BCUT2D eigenvalue weighted by Gasteiger charge is 2.31. The zero-order valence-electron chi connectivity index (χ0n) is 17.5. The second-order valence-electron chi connectivity index (χ2n) is 7.42. The van der Waals surface area contributed by atoms with Gasteiger partial charge in [-0.15, -0.1) is 6.42 Å². The third-order valence-electron chi connectivity index (χ3n) is 5.45. The summed E-state index contributed by atoms with van der Waals surface area (Å²) in [5.41, 5.74) is 4.60. The van der Waals surface area contributed by atoms with E-state index in [0.29, 0.717) is 4.47 Å². The molecule has 0 saturated carbocycles. The molecule has 0 aliphatic heterocycles. The second-order valence-corrected chi connectivity index (χ2v) is 8.33. The predicted molar refractivity (Wildman–Crippen MR) is 127 cm³/mol. The maximum absolute atomic E-state index is 12.6. The van der Waals surface area contributed by atoms with Crippen LogP contribution in [0.5, 0.6) is 5.75 Å². The van der Waals surface area contributed by atoms with Crippen molar-refractivity contribution >= 4 is 28.0 Å². The molecule has 0 radical (unpaired) electrons. The number of aliphatic carboxylic acids is 1. The Balaban J connectivity index is 1.51. The number of carbonyl (C=O) groups excluding carboxylic acids is 1. The Morgan fingerprint density at radius 1 is 1.06 bits per heavy atom. The summed E-state index contributed by atoms with van der Waals surface area (Å²) in [6, 6.07) is 19.4. The van der Waals surface area contributed by atoms with Gasteiger partial charge in [-0.05, 0) is 40.5 Å². The van der Waals surface area contributed by atoms with Crippen LogP contribution in [0.1, 0.15) is 28.7 Å². The molecular weight excluding hydrogens is 486 g/mol. The Morgan fingerprint density at radius 2 is 1.70 bits per heavy atom. The summed E-state index contributed by atoms with van der Waals surface area (Å²) in [6.07, 6.45) is 4.41. The fourth-order valence-electron chi connectivity index (χ4n) is 4.03. The lowest BCUT2D eigenvalue weighted by Gasteiger charge is -2.19. The molecule has 4 rings (SSSR count). The van der Waals surface area contributed by atoms with Gasteiger partial charge in [-0.1, -0.05) is 70.4 Å². The molecule has 1 amide bonds. The molecule has 0 fully saturated rings. The molecule has 33 heavy (non-hydrogen) atoms. The van der Waals surface area contributed by atoms with Crippen molar-refractivity contribution < 1.29 is 24.2 Å². The lowest BCUT2D eigenvalue weighted by Crippen LogP contribution is -2.35. The van der Waals surface area contributed by atoms with E-state index in [2.05, 4.69) is 27.2 Å². The van der Waals surface area contributed by atoms with Crippen molar-refractivity contribution in [2.45, 2.75) is 12.0 Å². The average molecular weight is 506 g/mol. The lowest BCUT2D eigenvalue weighted by molar-refractivity contribution is -0.139. The number of hydrogen-bond donors (Lipinski definition) is 2. The van der Waals surface area contributed by atoms with Crippen LogP contribution < -0.4 is 10.1 Å². The molecule has 0 spiro atoms. The van der Waals surface area contributed by atoms with E-state index >= 15 is 0 Å². The number of hydrogen-bond acceptors (Lipinski definition) is 4. The van der Waals surface area contributed by atoms with E-state index in [4.69, 9.17) is 15.9 Å². The summed E-state index contributed by atoms with van der Waals surface area (Å²) in [5.74, 6) is 1.22. The number of carboxylic acids is 1. The van der Waals surface area contributed by atoms with Crippen LogP contribution in [0.2, 0.25) is 0 Å². The number of halogens is 1. The molecule has 6 nitrogen and oxygen atoms in total. The molecule has 1 atom stereocenters. The average Bonchev–Trinajstić information content (AvgIpc) is 3.14. The molecule has 0 saturated heterocycles. The molecule has 166 valence electrons.